The molecule has 7 rings (SSSR count). The number of carbonyl (C=O) groups is 11. The van der Waals surface area contributed by atoms with E-state index in [1.54, 1.807) is 66.9 Å². The standard InChI is InChI=1S/C17H30BrNO3.C13H23NO4.C12H21NO4.C11H22N2O2.C8H15NO2.C8H9NO2.C7H7NO2.C5H8BrClO/c1-13-8-10-19(16(21)22-17(2,3)4)12-14(13)11-15(20)7-5-6-9-18;1-9-6-7-14(8-10(9)11(15)17-5)12(16)18-13(2,3)4;1-8-5-6-13(7-9(8)10(14)15)11(16)17-12(2,3)4;1-8-5-6-13(7-9(8)12)10(14)15-11(2,3)4;2*1-6-3-4-9-5-7(6)8(10)11-2;1-5-2-3-8-4-6(5)7(9)10;6-4-2-1-3-5(7)8/h13-14H,5-12H2,1-4H3;9-10H,6-8H2,1-5H3;8-9H,5-7H2,1-4H3,(H,14,15);8-9H,5-7,12H2,1-4H3;6-7,9H,3-5H2,1-2H3;3-5H,1-2H3;2-4H,1H3,(H,9,10);1-4H2/t13-,14-;;2*8-,9-;;;;/m0.00..../s1. The average Bonchev–Trinajstić information content (AvgIpc) is 0.836. The second-order valence-corrected chi connectivity index (χ2v) is 34.9. The normalized spacial score (nSPS) is 21.4. The van der Waals surface area contributed by atoms with Crippen molar-refractivity contribution in [3.63, 3.8) is 0 Å². The zero-order valence-corrected chi connectivity index (χ0v) is 74.8. The van der Waals surface area contributed by atoms with Gasteiger partial charge in [-0.2, -0.15) is 0 Å². The number of hydrogen-bond donors (Lipinski definition) is 4. The fourth-order valence-electron chi connectivity index (χ4n) is 11.5. The number of nitrogens with one attached hydrogen (secondary N) is 1. The highest BCUT2D eigenvalue weighted by Crippen LogP contribution is 2.30. The predicted octanol–water partition coefficient (Wildman–Crippen LogP) is 15.0. The van der Waals surface area contributed by atoms with Crippen molar-refractivity contribution in [2.75, 3.05) is 97.4 Å². The Morgan fingerprint density at radius 2 is 0.884 bits per heavy atom. The van der Waals surface area contributed by atoms with E-state index in [-0.39, 0.29) is 89.2 Å². The van der Waals surface area contributed by atoms with Crippen molar-refractivity contribution in [3.05, 3.63) is 59.2 Å². The number of aromatic carboxylic acids is 1. The van der Waals surface area contributed by atoms with E-state index in [1.807, 2.05) is 83.1 Å². The van der Waals surface area contributed by atoms with Gasteiger partial charge in [0.05, 0.1) is 50.2 Å². The Balaban J connectivity index is 0.00000128. The number of carboxylic acids is 2. The van der Waals surface area contributed by atoms with E-state index < -0.39 is 46.4 Å². The summed E-state index contributed by atoms with van der Waals surface area (Å²) in [7, 11) is 4.18. The second kappa shape index (κ2) is 53.4. The Hall–Kier alpha value is -6.76. The summed E-state index contributed by atoms with van der Waals surface area (Å²) in [5.41, 5.74) is 6.38. The van der Waals surface area contributed by atoms with Crippen LogP contribution < -0.4 is 11.1 Å². The number of methoxy groups -OCH3 is 3. The van der Waals surface area contributed by atoms with Crippen LogP contribution in [0, 0.1) is 67.1 Å². The molecule has 0 spiro atoms. The lowest BCUT2D eigenvalue weighted by Gasteiger charge is -2.37. The maximum atomic E-state index is 12.2. The Labute approximate surface area is 688 Å². The SMILES string of the molecule is COC(=O)C1CN(C(=O)OC(C)(C)C)CCC1C.COC(=O)C1CNCCC1C.COC(=O)c1cnccc1C.C[C@H]1CCN(C(=O)OC(C)(C)C)C[C@@H]1C(=O)O.C[C@H]1CCN(C(=O)OC(C)(C)C)C[C@@H]1CC(=O)CCCCBr.C[C@H]1CCN(C(=O)OC(C)(C)C)C[C@@H]1N.Cc1ccncc1C(=O)O.O=C(Cl)CCCCBr. The number of unbranched alkanes of at least 4 members (excludes halogenated alkanes) is 2. The highest BCUT2D eigenvalue weighted by molar-refractivity contribution is 9.09. The molecule has 112 heavy (non-hydrogen) atoms. The van der Waals surface area contributed by atoms with Crippen LogP contribution >= 0.6 is 43.5 Å². The monoisotopic (exact) mass is 1730 g/mol. The zero-order chi connectivity index (χ0) is 86.0. The number of ketones is 1. The van der Waals surface area contributed by atoms with E-state index in [0.717, 1.165) is 99.3 Å². The Kier molecular flexibility index (Phi) is 50.2. The van der Waals surface area contributed by atoms with E-state index in [9.17, 15) is 52.7 Å². The maximum absolute atomic E-state index is 12.2. The molecule has 5 saturated heterocycles. The van der Waals surface area contributed by atoms with Crippen LogP contribution in [0.3, 0.4) is 0 Å². The Morgan fingerprint density at radius 3 is 1.25 bits per heavy atom. The molecule has 0 aliphatic carbocycles. The molecular weight excluding hydrogens is 1600 g/mol. The first kappa shape index (κ1) is 105. The third-order valence-corrected chi connectivity index (χ3v) is 19.9. The van der Waals surface area contributed by atoms with Gasteiger partial charge in [0.2, 0.25) is 5.24 Å². The van der Waals surface area contributed by atoms with Gasteiger partial charge < -0.3 is 74.0 Å². The minimum Gasteiger partial charge on any atom is -0.481 e. The summed E-state index contributed by atoms with van der Waals surface area (Å²) in [5.74, 6) is -0.760. The molecule has 4 amide bonds. The number of amides is 4. The number of rotatable bonds is 15. The number of pyridine rings is 2. The van der Waals surface area contributed by atoms with Crippen molar-refractivity contribution in [2.45, 2.75) is 237 Å². The van der Waals surface area contributed by atoms with Crippen molar-refractivity contribution < 1.29 is 96.1 Å². The van der Waals surface area contributed by atoms with E-state index in [2.05, 4.69) is 77.4 Å². The predicted molar refractivity (Wildman–Crippen MR) is 439 cm³/mol. The smallest absolute Gasteiger partial charge is 0.410 e. The van der Waals surface area contributed by atoms with Crippen LogP contribution in [0.2, 0.25) is 0 Å². The van der Waals surface area contributed by atoms with Gasteiger partial charge in [0.25, 0.3) is 0 Å². The van der Waals surface area contributed by atoms with Gasteiger partial charge in [-0.15, -0.1) is 0 Å². The molecule has 0 saturated carbocycles. The lowest BCUT2D eigenvalue weighted by Crippen LogP contribution is -2.50. The number of halogens is 3. The number of Topliss-reactive ketones (excluding diaryl/α,β-unsaturated/α-hetero) is 1. The number of nitrogens with zero attached hydrogens (tertiary/aromatic N) is 6. The summed E-state index contributed by atoms with van der Waals surface area (Å²) in [6, 6.07) is 3.52. The molecule has 640 valence electrons. The molecule has 5 aliphatic heterocycles. The van der Waals surface area contributed by atoms with Crippen LogP contribution in [0.4, 0.5) is 19.2 Å². The molecule has 31 heteroatoms. The van der Waals surface area contributed by atoms with Crippen LogP contribution in [0.1, 0.15) is 227 Å². The number of piperidine rings is 5. The van der Waals surface area contributed by atoms with Crippen LogP contribution in [-0.4, -0.2) is 231 Å². The quantitative estimate of drug-likeness (QED) is 0.0423. The van der Waals surface area contributed by atoms with Gasteiger partial charge in [-0.3, -0.25) is 33.9 Å². The lowest BCUT2D eigenvalue weighted by molar-refractivity contribution is -0.149. The highest BCUT2D eigenvalue weighted by atomic mass is 79.9. The molecule has 2 aromatic rings. The molecule has 7 heterocycles. The molecule has 5 fully saturated rings. The Morgan fingerprint density at radius 1 is 0.509 bits per heavy atom. The number of aryl methyl sites for hydroxylation is 2. The number of likely N-dealkylation sites (tertiary alicyclic amines) is 4. The first-order chi connectivity index (χ1) is 52.0. The molecular formula is C81H135Br2ClN8O20. The number of hydrogen-bond acceptors (Lipinski definition) is 22. The van der Waals surface area contributed by atoms with E-state index in [0.29, 0.717) is 87.5 Å². The molecule has 0 aromatic carbocycles. The fourth-order valence-corrected chi connectivity index (χ4v) is 12.4. The molecule has 2 aromatic heterocycles. The molecule has 10 atom stereocenters. The first-order valence-corrected chi connectivity index (χ1v) is 41.3. The van der Waals surface area contributed by atoms with Crippen molar-refractivity contribution in [3.8, 4) is 0 Å². The van der Waals surface area contributed by atoms with Gasteiger partial charge in [0, 0.05) is 120 Å². The van der Waals surface area contributed by atoms with Gasteiger partial charge in [0.15, 0.2) is 0 Å². The van der Waals surface area contributed by atoms with E-state index in [1.165, 1.54) is 38.6 Å². The molecule has 4 unspecified atom stereocenters. The van der Waals surface area contributed by atoms with Gasteiger partial charge in [-0.25, -0.2) is 28.8 Å². The van der Waals surface area contributed by atoms with Gasteiger partial charge in [-0.05, 0) is 232 Å². The van der Waals surface area contributed by atoms with Crippen LogP contribution in [0.15, 0.2) is 36.9 Å². The minimum absolute atomic E-state index is 0.0637. The van der Waals surface area contributed by atoms with Crippen LogP contribution in [0.25, 0.3) is 0 Å². The molecule has 5 N–H and O–H groups in total. The topological polar surface area (TPSA) is 370 Å². The largest absolute Gasteiger partial charge is 0.481 e. The van der Waals surface area contributed by atoms with Gasteiger partial charge >= 0.3 is 54.2 Å². The summed E-state index contributed by atoms with van der Waals surface area (Å²) in [4.78, 5) is 139. The number of carbonyl (C=O) groups excluding carboxylic acids is 9. The summed E-state index contributed by atoms with van der Waals surface area (Å²) in [6.45, 7) is 42.4. The molecule has 0 radical (unpaired) electrons. The zero-order valence-electron chi connectivity index (χ0n) is 70.8. The van der Waals surface area contributed by atoms with E-state index >= 15 is 0 Å². The number of ether oxygens (including phenoxy) is 7. The van der Waals surface area contributed by atoms with Gasteiger partial charge in [0.1, 0.15) is 28.2 Å². The average molecular weight is 1740 g/mol. The fraction of sp³-hybridized carbons (Fsp3) is 0.741. The highest BCUT2D eigenvalue weighted by Gasteiger charge is 2.39. The number of aliphatic carboxylic acids is 1. The molecule has 0 bridgehead atoms. The summed E-state index contributed by atoms with van der Waals surface area (Å²) in [6.07, 6.45) is 14.9. The number of carboxylic acid groups (broad SMARTS) is 2. The third kappa shape index (κ3) is 45.4. The molecule has 5 aliphatic rings. The second-order valence-electron chi connectivity index (χ2n) is 32.9. The minimum atomic E-state index is -0.925. The Bertz CT molecular complexity index is 3220. The number of alkyl halides is 2. The summed E-state index contributed by atoms with van der Waals surface area (Å²) in [5, 5.41) is 22.4. The van der Waals surface area contributed by atoms with Crippen molar-refractivity contribution in [2.24, 2.45) is 59.0 Å². The van der Waals surface area contributed by atoms with Crippen molar-refractivity contribution in [1.29, 1.82) is 0 Å². The van der Waals surface area contributed by atoms with E-state index in [4.69, 9.17) is 51.2 Å². The number of aromatic nitrogens is 2. The maximum Gasteiger partial charge on any atom is 0.410 e. The first-order valence-electron chi connectivity index (χ1n) is 38.7. The van der Waals surface area contributed by atoms with Crippen LogP contribution in [-0.2, 0) is 57.1 Å². The lowest BCUT2D eigenvalue weighted by atomic mass is 9.83. The number of nitrogens with two attached hydrogens (primary N) is 1. The number of esters is 3. The van der Waals surface area contributed by atoms with Crippen molar-refractivity contribution in [1.82, 2.24) is 34.9 Å². The van der Waals surface area contributed by atoms with Crippen LogP contribution in [0.5, 0.6) is 0 Å². The molecule has 28 nitrogen and oxygen atoms in total. The summed E-state index contributed by atoms with van der Waals surface area (Å²) < 4.78 is 35.3. The van der Waals surface area contributed by atoms with Crippen molar-refractivity contribution >= 4 is 109 Å². The van der Waals surface area contributed by atoms with Gasteiger partial charge in [-0.1, -0.05) is 66.5 Å². The summed E-state index contributed by atoms with van der Waals surface area (Å²) >= 11 is 11.7. The third-order valence-electron chi connectivity index (χ3n) is 18.6.